The van der Waals surface area contributed by atoms with Crippen LogP contribution in [0.4, 0.5) is 0 Å². The summed E-state index contributed by atoms with van der Waals surface area (Å²) in [6.45, 7) is 0. The van der Waals surface area contributed by atoms with E-state index in [1.54, 1.807) is 0 Å². The summed E-state index contributed by atoms with van der Waals surface area (Å²) in [5.41, 5.74) is 11.6. The molecule has 0 saturated heterocycles. The molecule has 0 aliphatic carbocycles. The number of hydrogen-bond acceptors (Lipinski definition) is 1. The summed E-state index contributed by atoms with van der Waals surface area (Å²) in [4.78, 5) is 4.85. The summed E-state index contributed by atoms with van der Waals surface area (Å²) in [6.07, 6.45) is 1.88. The lowest BCUT2D eigenvalue weighted by molar-refractivity contribution is 1.14. The Labute approximate surface area is 254 Å². The van der Waals surface area contributed by atoms with Gasteiger partial charge in [0.2, 0.25) is 0 Å². The minimum atomic E-state index is 0.967. The normalized spacial score (nSPS) is 11.6. The molecular formula is C41H27N3. The molecular weight excluding hydrogens is 534 g/mol. The van der Waals surface area contributed by atoms with E-state index in [1.807, 2.05) is 12.3 Å². The van der Waals surface area contributed by atoms with Crippen molar-refractivity contribution < 1.29 is 0 Å². The molecule has 0 spiro atoms. The van der Waals surface area contributed by atoms with Crippen LogP contribution in [-0.2, 0) is 0 Å². The second kappa shape index (κ2) is 9.82. The molecule has 0 aliphatic heterocycles. The summed E-state index contributed by atoms with van der Waals surface area (Å²) < 4.78 is 4.68. The number of fused-ring (bicyclic) bond motifs is 6. The van der Waals surface area contributed by atoms with Crippen molar-refractivity contribution in [2.45, 2.75) is 0 Å². The van der Waals surface area contributed by atoms with Gasteiger partial charge in [-0.1, -0.05) is 103 Å². The maximum atomic E-state index is 4.85. The van der Waals surface area contributed by atoms with Crippen LogP contribution in [0.3, 0.4) is 0 Å². The average molecular weight is 562 g/mol. The van der Waals surface area contributed by atoms with Crippen LogP contribution in [0.25, 0.3) is 77.4 Å². The molecule has 0 aliphatic rings. The van der Waals surface area contributed by atoms with Crippen LogP contribution in [0.15, 0.2) is 164 Å². The van der Waals surface area contributed by atoms with Crippen LogP contribution in [0.2, 0.25) is 0 Å². The maximum Gasteiger partial charge on any atom is 0.145 e. The highest BCUT2D eigenvalue weighted by atomic mass is 15.0. The molecule has 0 saturated carbocycles. The highest BCUT2D eigenvalue weighted by molar-refractivity contribution is 6.16. The molecule has 0 fully saturated rings. The third kappa shape index (κ3) is 3.73. The zero-order valence-electron chi connectivity index (χ0n) is 23.9. The second-order valence-electron chi connectivity index (χ2n) is 11.2. The Morgan fingerprint density at radius 3 is 1.86 bits per heavy atom. The van der Waals surface area contributed by atoms with Crippen LogP contribution in [0.1, 0.15) is 0 Å². The fraction of sp³-hybridized carbons (Fsp3) is 0. The lowest BCUT2D eigenvalue weighted by atomic mass is 9.98. The number of para-hydroxylation sites is 2. The topological polar surface area (TPSA) is 22.8 Å². The first kappa shape index (κ1) is 24.6. The third-order valence-corrected chi connectivity index (χ3v) is 8.78. The number of aromatic nitrogens is 3. The van der Waals surface area contributed by atoms with Crippen LogP contribution >= 0.6 is 0 Å². The summed E-state index contributed by atoms with van der Waals surface area (Å²) in [7, 11) is 0. The molecule has 3 nitrogen and oxygen atoms in total. The van der Waals surface area contributed by atoms with Gasteiger partial charge in [0.1, 0.15) is 5.65 Å². The van der Waals surface area contributed by atoms with Crippen molar-refractivity contribution in [1.29, 1.82) is 0 Å². The van der Waals surface area contributed by atoms with Crippen molar-refractivity contribution in [2.24, 2.45) is 0 Å². The molecule has 206 valence electrons. The molecule has 0 radical (unpaired) electrons. The summed E-state index contributed by atoms with van der Waals surface area (Å²) in [5.74, 6) is 0. The Morgan fingerprint density at radius 2 is 1.02 bits per heavy atom. The number of nitrogens with zero attached hydrogens (tertiary/aromatic N) is 3. The molecule has 0 N–H and O–H groups in total. The maximum absolute atomic E-state index is 4.85. The lowest BCUT2D eigenvalue weighted by Gasteiger charge is -2.11. The van der Waals surface area contributed by atoms with E-state index >= 15 is 0 Å². The molecule has 9 aromatic rings. The Hall–Kier alpha value is -5.93. The van der Waals surface area contributed by atoms with Gasteiger partial charge in [0.25, 0.3) is 0 Å². The second-order valence-corrected chi connectivity index (χ2v) is 11.2. The van der Waals surface area contributed by atoms with E-state index in [0.717, 1.165) is 27.9 Å². The molecule has 3 heterocycles. The van der Waals surface area contributed by atoms with Crippen molar-refractivity contribution in [3.05, 3.63) is 164 Å². The van der Waals surface area contributed by atoms with Gasteiger partial charge in [0.05, 0.1) is 16.6 Å². The van der Waals surface area contributed by atoms with Gasteiger partial charge in [-0.2, -0.15) is 0 Å². The van der Waals surface area contributed by atoms with Gasteiger partial charge in [0.15, 0.2) is 0 Å². The molecule has 0 amide bonds. The van der Waals surface area contributed by atoms with Crippen molar-refractivity contribution in [3.8, 4) is 33.6 Å². The van der Waals surface area contributed by atoms with E-state index in [-0.39, 0.29) is 0 Å². The third-order valence-electron chi connectivity index (χ3n) is 8.78. The number of pyridine rings is 1. The molecule has 44 heavy (non-hydrogen) atoms. The predicted molar refractivity (Wildman–Crippen MR) is 184 cm³/mol. The minimum Gasteiger partial charge on any atom is -0.309 e. The van der Waals surface area contributed by atoms with Crippen molar-refractivity contribution >= 4 is 43.7 Å². The van der Waals surface area contributed by atoms with E-state index in [2.05, 4.69) is 161 Å². The Bertz CT molecular complexity index is 2470. The molecule has 0 bridgehead atoms. The SMILES string of the molecule is c1ccc(-c2ccc(-n3c4ccccc4c4ccc(-c5cccc6c5c5cccnc5n6-c5ccccc5)cc43)cc2)cc1. The quantitative estimate of drug-likeness (QED) is 0.210. The largest absolute Gasteiger partial charge is 0.309 e. The predicted octanol–water partition coefficient (Wildman–Crippen LogP) is 10.6. The van der Waals surface area contributed by atoms with Crippen LogP contribution in [-0.4, -0.2) is 14.1 Å². The van der Waals surface area contributed by atoms with Gasteiger partial charge in [-0.15, -0.1) is 0 Å². The van der Waals surface area contributed by atoms with Crippen LogP contribution in [0.5, 0.6) is 0 Å². The van der Waals surface area contributed by atoms with E-state index in [9.17, 15) is 0 Å². The van der Waals surface area contributed by atoms with Crippen LogP contribution < -0.4 is 0 Å². The van der Waals surface area contributed by atoms with Gasteiger partial charge >= 0.3 is 0 Å². The highest BCUT2D eigenvalue weighted by Crippen LogP contribution is 2.40. The van der Waals surface area contributed by atoms with Crippen molar-refractivity contribution in [2.75, 3.05) is 0 Å². The molecule has 9 rings (SSSR count). The fourth-order valence-corrected chi connectivity index (χ4v) is 6.82. The van der Waals surface area contributed by atoms with Gasteiger partial charge in [-0.05, 0) is 76.9 Å². The minimum absolute atomic E-state index is 0.967. The van der Waals surface area contributed by atoms with E-state index in [1.165, 1.54) is 49.4 Å². The molecule has 6 aromatic carbocycles. The first-order valence-corrected chi connectivity index (χ1v) is 15.0. The van der Waals surface area contributed by atoms with E-state index < -0.39 is 0 Å². The molecule has 3 aromatic heterocycles. The Balaban J connectivity index is 1.29. The monoisotopic (exact) mass is 561 g/mol. The van der Waals surface area contributed by atoms with Gasteiger partial charge in [-0.3, -0.25) is 4.57 Å². The molecule has 0 atom stereocenters. The number of rotatable bonds is 4. The fourth-order valence-electron chi connectivity index (χ4n) is 6.82. The van der Waals surface area contributed by atoms with E-state index in [4.69, 9.17) is 4.98 Å². The molecule has 0 unspecified atom stereocenters. The summed E-state index contributed by atoms with van der Waals surface area (Å²) in [6, 6.07) is 56.5. The van der Waals surface area contributed by atoms with Crippen molar-refractivity contribution in [1.82, 2.24) is 14.1 Å². The van der Waals surface area contributed by atoms with Gasteiger partial charge < -0.3 is 4.57 Å². The zero-order chi connectivity index (χ0) is 29.0. The number of hydrogen-bond donors (Lipinski definition) is 0. The standard InChI is InChI=1S/C41H27N3/c1-3-11-28(12-4-1)29-20-23-32(24-21-29)43-37-18-8-7-15-34(37)35-25-22-30(27-39(35)43)33-16-9-19-38-40(33)36-17-10-26-42-41(36)44(38)31-13-5-2-6-14-31/h1-27H. The summed E-state index contributed by atoms with van der Waals surface area (Å²) in [5, 5.41) is 4.87. The smallest absolute Gasteiger partial charge is 0.145 e. The first-order chi connectivity index (χ1) is 21.8. The summed E-state index contributed by atoms with van der Waals surface area (Å²) >= 11 is 0. The molecule has 3 heteroatoms. The van der Waals surface area contributed by atoms with Gasteiger partial charge in [0, 0.05) is 39.1 Å². The highest BCUT2D eigenvalue weighted by Gasteiger charge is 2.18. The number of benzene rings is 6. The first-order valence-electron chi connectivity index (χ1n) is 15.0. The van der Waals surface area contributed by atoms with Crippen LogP contribution in [0, 0.1) is 0 Å². The lowest BCUT2D eigenvalue weighted by Crippen LogP contribution is -1.95. The van der Waals surface area contributed by atoms with Crippen molar-refractivity contribution in [3.63, 3.8) is 0 Å². The zero-order valence-corrected chi connectivity index (χ0v) is 23.9. The van der Waals surface area contributed by atoms with E-state index in [0.29, 0.717) is 0 Å². The van der Waals surface area contributed by atoms with Gasteiger partial charge in [-0.25, -0.2) is 4.98 Å². The Kier molecular flexibility index (Phi) is 5.50. The Morgan fingerprint density at radius 1 is 0.386 bits per heavy atom. The average Bonchev–Trinajstić information content (AvgIpc) is 3.62.